The van der Waals surface area contributed by atoms with E-state index in [2.05, 4.69) is 10.3 Å². The molecule has 0 aromatic carbocycles. The molecule has 10 heavy (non-hydrogen) atoms. The van der Waals surface area contributed by atoms with Crippen LogP contribution in [0.25, 0.3) is 0 Å². The molecule has 1 atom stereocenters. The van der Waals surface area contributed by atoms with Crippen LogP contribution in [0.2, 0.25) is 0 Å². The normalized spacial score (nSPS) is 14.1. The zero-order valence-electron chi connectivity index (χ0n) is 6.92. The second-order valence-electron chi connectivity index (χ2n) is 2.58. The number of hydrogen-bond acceptors (Lipinski definition) is 4. The Kier molecular flexibility index (Phi) is 5.52. The molecular weight excluding hydrogens is 130 g/mol. The van der Waals surface area contributed by atoms with E-state index in [9.17, 15) is 0 Å². The number of ether oxygens (including phenoxy) is 1. The maximum absolute atomic E-state index is 5.25. The Labute approximate surface area is 62.3 Å². The predicted molar refractivity (Wildman–Crippen MR) is 41.5 cm³/mol. The molecule has 0 amide bonds. The number of nitrogens with two attached hydrogens (primary N) is 1. The van der Waals surface area contributed by atoms with Crippen LogP contribution >= 0.6 is 0 Å². The predicted octanol–water partition coefficient (Wildman–Crippen LogP) is -0.974. The van der Waals surface area contributed by atoms with Crippen molar-refractivity contribution in [2.75, 3.05) is 34.4 Å². The van der Waals surface area contributed by atoms with Crippen molar-refractivity contribution in [2.24, 2.45) is 5.84 Å². The van der Waals surface area contributed by atoms with Gasteiger partial charge in [-0.25, -0.2) is 0 Å². The molecule has 0 saturated heterocycles. The van der Waals surface area contributed by atoms with Gasteiger partial charge in [-0.2, -0.15) is 0 Å². The fourth-order valence-corrected chi connectivity index (χ4v) is 0.795. The van der Waals surface area contributed by atoms with Crippen LogP contribution < -0.4 is 11.3 Å². The van der Waals surface area contributed by atoms with Gasteiger partial charge in [0.25, 0.3) is 0 Å². The summed E-state index contributed by atoms with van der Waals surface area (Å²) in [6.45, 7) is 1.54. The van der Waals surface area contributed by atoms with Gasteiger partial charge < -0.3 is 9.64 Å². The zero-order valence-corrected chi connectivity index (χ0v) is 6.92. The van der Waals surface area contributed by atoms with Crippen LogP contribution in [-0.4, -0.2) is 45.3 Å². The minimum Gasteiger partial charge on any atom is -0.383 e. The van der Waals surface area contributed by atoms with Gasteiger partial charge in [0.1, 0.15) is 0 Å². The highest BCUT2D eigenvalue weighted by Gasteiger charge is 2.05. The first-order valence-corrected chi connectivity index (χ1v) is 3.30. The number of hydrogen-bond donors (Lipinski definition) is 2. The van der Waals surface area contributed by atoms with Crippen LogP contribution in [0.15, 0.2) is 0 Å². The molecule has 0 aliphatic rings. The maximum atomic E-state index is 5.25. The lowest BCUT2D eigenvalue weighted by molar-refractivity contribution is 0.151. The van der Waals surface area contributed by atoms with Crippen LogP contribution in [0.3, 0.4) is 0 Å². The minimum absolute atomic E-state index is 0.222. The molecule has 0 spiro atoms. The van der Waals surface area contributed by atoms with Gasteiger partial charge >= 0.3 is 0 Å². The van der Waals surface area contributed by atoms with Crippen LogP contribution in [-0.2, 0) is 4.74 Å². The number of nitrogens with zero attached hydrogens (tertiary/aromatic N) is 1. The van der Waals surface area contributed by atoms with E-state index in [0.29, 0.717) is 6.61 Å². The molecule has 0 fully saturated rings. The van der Waals surface area contributed by atoms with Crippen molar-refractivity contribution < 1.29 is 4.74 Å². The molecule has 0 bridgehead atoms. The third-order valence-corrected chi connectivity index (χ3v) is 1.19. The van der Waals surface area contributed by atoms with Crippen molar-refractivity contribution >= 4 is 0 Å². The highest BCUT2D eigenvalue weighted by Crippen LogP contribution is 1.84. The van der Waals surface area contributed by atoms with Crippen molar-refractivity contribution in [1.29, 1.82) is 0 Å². The number of rotatable bonds is 5. The summed E-state index contributed by atoms with van der Waals surface area (Å²) in [5.74, 6) is 5.25. The van der Waals surface area contributed by atoms with E-state index in [1.54, 1.807) is 7.11 Å². The first kappa shape index (κ1) is 9.84. The van der Waals surface area contributed by atoms with Gasteiger partial charge in [0.05, 0.1) is 12.6 Å². The van der Waals surface area contributed by atoms with Gasteiger partial charge in [-0.3, -0.25) is 11.3 Å². The first-order valence-electron chi connectivity index (χ1n) is 3.30. The van der Waals surface area contributed by atoms with E-state index < -0.39 is 0 Å². The van der Waals surface area contributed by atoms with E-state index in [1.807, 2.05) is 14.1 Å². The van der Waals surface area contributed by atoms with Gasteiger partial charge in [-0.1, -0.05) is 0 Å². The third-order valence-electron chi connectivity index (χ3n) is 1.19. The second-order valence-corrected chi connectivity index (χ2v) is 2.58. The average molecular weight is 147 g/mol. The van der Waals surface area contributed by atoms with Gasteiger partial charge in [0.2, 0.25) is 0 Å². The molecule has 4 nitrogen and oxygen atoms in total. The van der Waals surface area contributed by atoms with Crippen molar-refractivity contribution in [3.63, 3.8) is 0 Å². The van der Waals surface area contributed by atoms with Crippen molar-refractivity contribution in [1.82, 2.24) is 10.3 Å². The summed E-state index contributed by atoms with van der Waals surface area (Å²) in [5.41, 5.74) is 2.67. The molecular formula is C6H17N3O. The smallest absolute Gasteiger partial charge is 0.0641 e. The SMILES string of the molecule is COCC(CN(C)C)NN. The Hall–Kier alpha value is -0.160. The van der Waals surface area contributed by atoms with E-state index in [4.69, 9.17) is 10.6 Å². The van der Waals surface area contributed by atoms with Crippen LogP contribution in [0.4, 0.5) is 0 Å². The second kappa shape index (κ2) is 5.61. The quantitative estimate of drug-likeness (QED) is 0.388. The lowest BCUT2D eigenvalue weighted by Gasteiger charge is -2.18. The topological polar surface area (TPSA) is 50.5 Å². The fourth-order valence-electron chi connectivity index (χ4n) is 0.795. The van der Waals surface area contributed by atoms with E-state index in [1.165, 1.54) is 0 Å². The molecule has 4 heteroatoms. The molecule has 1 unspecified atom stereocenters. The zero-order chi connectivity index (χ0) is 7.98. The largest absolute Gasteiger partial charge is 0.383 e. The molecule has 0 heterocycles. The Morgan fingerprint density at radius 1 is 1.60 bits per heavy atom. The van der Waals surface area contributed by atoms with E-state index >= 15 is 0 Å². The molecule has 0 aromatic heterocycles. The average Bonchev–Trinajstić information content (AvgIpc) is 1.86. The van der Waals surface area contributed by atoms with Gasteiger partial charge in [0, 0.05) is 13.7 Å². The van der Waals surface area contributed by atoms with Crippen LogP contribution in [0, 0.1) is 0 Å². The maximum Gasteiger partial charge on any atom is 0.0641 e. The van der Waals surface area contributed by atoms with Gasteiger partial charge in [-0.05, 0) is 14.1 Å². The minimum atomic E-state index is 0.222. The number of hydrazine groups is 1. The Morgan fingerprint density at radius 2 is 2.20 bits per heavy atom. The lowest BCUT2D eigenvalue weighted by Crippen LogP contribution is -2.45. The van der Waals surface area contributed by atoms with Gasteiger partial charge in [0.15, 0.2) is 0 Å². The Bertz CT molecular complexity index is 77.4. The summed E-state index contributed by atoms with van der Waals surface area (Å²) >= 11 is 0. The van der Waals surface area contributed by atoms with Crippen molar-refractivity contribution in [3.05, 3.63) is 0 Å². The van der Waals surface area contributed by atoms with Crippen molar-refractivity contribution in [2.45, 2.75) is 6.04 Å². The van der Waals surface area contributed by atoms with E-state index in [-0.39, 0.29) is 6.04 Å². The molecule has 0 aliphatic heterocycles. The highest BCUT2D eigenvalue weighted by molar-refractivity contribution is 4.64. The number of nitrogens with one attached hydrogen (secondary N) is 1. The molecule has 3 N–H and O–H groups in total. The number of methoxy groups -OCH3 is 1. The van der Waals surface area contributed by atoms with Crippen molar-refractivity contribution in [3.8, 4) is 0 Å². The molecule has 0 aromatic rings. The summed E-state index contributed by atoms with van der Waals surface area (Å²) in [7, 11) is 5.67. The van der Waals surface area contributed by atoms with Gasteiger partial charge in [-0.15, -0.1) is 0 Å². The number of likely N-dealkylation sites (N-methyl/N-ethyl adjacent to an activating group) is 1. The third kappa shape index (κ3) is 4.69. The monoisotopic (exact) mass is 147 g/mol. The summed E-state index contributed by atoms with van der Waals surface area (Å²) in [6.07, 6.45) is 0. The Balaban J connectivity index is 3.39. The van der Waals surface area contributed by atoms with Crippen LogP contribution in [0.5, 0.6) is 0 Å². The standard InChI is InChI=1S/C6H17N3O/c1-9(2)4-6(8-7)5-10-3/h6,8H,4-5,7H2,1-3H3. The summed E-state index contributed by atoms with van der Waals surface area (Å²) < 4.78 is 4.93. The summed E-state index contributed by atoms with van der Waals surface area (Å²) in [6, 6.07) is 0.222. The van der Waals surface area contributed by atoms with E-state index in [0.717, 1.165) is 6.54 Å². The molecule has 0 radical (unpaired) electrons. The molecule has 0 aliphatic carbocycles. The highest BCUT2D eigenvalue weighted by atomic mass is 16.5. The summed E-state index contributed by atoms with van der Waals surface area (Å²) in [4.78, 5) is 2.06. The molecule has 62 valence electrons. The Morgan fingerprint density at radius 3 is 2.50 bits per heavy atom. The lowest BCUT2D eigenvalue weighted by atomic mass is 10.3. The molecule has 0 rings (SSSR count). The fraction of sp³-hybridized carbons (Fsp3) is 1.00. The van der Waals surface area contributed by atoms with Crippen LogP contribution in [0.1, 0.15) is 0 Å². The molecule has 0 saturated carbocycles. The summed E-state index contributed by atoms with van der Waals surface area (Å²) in [5, 5.41) is 0. The first-order chi connectivity index (χ1) is 4.70.